The van der Waals surface area contributed by atoms with Crippen molar-refractivity contribution < 1.29 is 9.47 Å². The summed E-state index contributed by atoms with van der Waals surface area (Å²) in [5.74, 6) is 2.30. The van der Waals surface area contributed by atoms with Gasteiger partial charge in [-0.05, 0) is 41.0 Å². The molecular weight excluding hydrogens is 262 g/mol. The maximum atomic E-state index is 5.42. The fourth-order valence-corrected chi connectivity index (χ4v) is 3.74. The summed E-state index contributed by atoms with van der Waals surface area (Å²) in [4.78, 5) is 0. The van der Waals surface area contributed by atoms with Crippen LogP contribution in [0.5, 0.6) is 11.5 Å². The first-order valence-electron chi connectivity index (χ1n) is 7.76. The Kier molecular flexibility index (Phi) is 4.25. The largest absolute Gasteiger partial charge is 0.497 e. The van der Waals surface area contributed by atoms with Gasteiger partial charge in [-0.3, -0.25) is 0 Å². The van der Waals surface area contributed by atoms with Crippen LogP contribution in [0, 0.1) is 16.7 Å². The molecule has 118 valence electrons. The molecule has 1 aliphatic rings. The van der Waals surface area contributed by atoms with Crippen LogP contribution >= 0.6 is 0 Å². The lowest BCUT2D eigenvalue weighted by molar-refractivity contribution is 0.383. The second-order valence-electron chi connectivity index (χ2n) is 7.10. The molecule has 2 rings (SSSR count). The van der Waals surface area contributed by atoms with Crippen molar-refractivity contribution in [1.82, 2.24) is 5.32 Å². The first-order chi connectivity index (χ1) is 9.79. The van der Waals surface area contributed by atoms with Gasteiger partial charge in [0.15, 0.2) is 0 Å². The maximum absolute atomic E-state index is 5.42. The minimum Gasteiger partial charge on any atom is -0.497 e. The van der Waals surface area contributed by atoms with Crippen molar-refractivity contribution in [3.63, 3.8) is 0 Å². The van der Waals surface area contributed by atoms with E-state index in [1.165, 1.54) is 5.56 Å². The predicted molar refractivity (Wildman–Crippen MR) is 87.0 cm³/mol. The van der Waals surface area contributed by atoms with Crippen molar-refractivity contribution in [1.29, 1.82) is 0 Å². The third-order valence-corrected chi connectivity index (χ3v) is 5.62. The maximum Gasteiger partial charge on any atom is 0.122 e. The van der Waals surface area contributed by atoms with Crippen molar-refractivity contribution in [3.8, 4) is 11.5 Å². The van der Waals surface area contributed by atoms with E-state index in [1.54, 1.807) is 14.2 Å². The molecule has 3 heteroatoms. The summed E-state index contributed by atoms with van der Waals surface area (Å²) in [5.41, 5.74) is 1.91. The molecule has 0 spiro atoms. The average Bonchev–Trinajstić information content (AvgIpc) is 2.85. The van der Waals surface area contributed by atoms with Crippen LogP contribution in [0.25, 0.3) is 0 Å². The molecule has 0 amide bonds. The Labute approximate surface area is 129 Å². The third-order valence-electron chi connectivity index (χ3n) is 5.62. The topological polar surface area (TPSA) is 30.5 Å². The Bertz CT molecular complexity index is 472. The molecule has 1 unspecified atom stereocenters. The first kappa shape index (κ1) is 16.2. The van der Waals surface area contributed by atoms with Crippen LogP contribution in [0.3, 0.4) is 0 Å². The van der Waals surface area contributed by atoms with Gasteiger partial charge in [0.2, 0.25) is 0 Å². The van der Waals surface area contributed by atoms with Crippen LogP contribution in [0.2, 0.25) is 0 Å². The van der Waals surface area contributed by atoms with Crippen LogP contribution in [0.15, 0.2) is 18.2 Å². The van der Waals surface area contributed by atoms with E-state index in [9.17, 15) is 0 Å². The zero-order chi connectivity index (χ0) is 15.8. The molecule has 1 aromatic rings. The van der Waals surface area contributed by atoms with Gasteiger partial charge in [0.25, 0.3) is 0 Å². The standard InChI is InChI=1S/C18H29NO2/c1-8-19-15(16-17(2,3)18(16,4)5)12-9-13(20-6)11-14(10-12)21-7/h9-11,15-16,19H,8H2,1-7H3. The minimum absolute atomic E-state index is 0.323. The Balaban J connectivity index is 2.40. The second kappa shape index (κ2) is 5.53. The number of benzene rings is 1. The van der Waals surface area contributed by atoms with E-state index in [0.29, 0.717) is 22.8 Å². The van der Waals surface area contributed by atoms with Gasteiger partial charge in [-0.1, -0.05) is 34.6 Å². The van der Waals surface area contributed by atoms with E-state index in [4.69, 9.17) is 9.47 Å². The summed E-state index contributed by atoms with van der Waals surface area (Å²) in [6.07, 6.45) is 0. The van der Waals surface area contributed by atoms with Crippen molar-refractivity contribution in [2.45, 2.75) is 40.7 Å². The molecule has 1 aliphatic carbocycles. The summed E-state index contributed by atoms with van der Waals surface area (Å²) < 4.78 is 10.8. The highest BCUT2D eigenvalue weighted by Gasteiger charge is 2.67. The summed E-state index contributed by atoms with van der Waals surface area (Å²) >= 11 is 0. The number of nitrogens with one attached hydrogen (secondary N) is 1. The first-order valence-corrected chi connectivity index (χ1v) is 7.76. The van der Waals surface area contributed by atoms with Gasteiger partial charge in [-0.2, -0.15) is 0 Å². The summed E-state index contributed by atoms with van der Waals surface area (Å²) in [7, 11) is 3.40. The van der Waals surface area contributed by atoms with Crippen molar-refractivity contribution in [2.24, 2.45) is 16.7 Å². The highest BCUT2D eigenvalue weighted by molar-refractivity contribution is 5.41. The van der Waals surface area contributed by atoms with Gasteiger partial charge in [-0.25, -0.2) is 0 Å². The fourth-order valence-electron chi connectivity index (χ4n) is 3.74. The van der Waals surface area contributed by atoms with E-state index in [0.717, 1.165) is 18.0 Å². The van der Waals surface area contributed by atoms with Gasteiger partial charge >= 0.3 is 0 Å². The fraction of sp³-hybridized carbons (Fsp3) is 0.667. The molecule has 3 nitrogen and oxygen atoms in total. The van der Waals surface area contributed by atoms with E-state index in [-0.39, 0.29) is 0 Å². The van der Waals surface area contributed by atoms with Crippen molar-refractivity contribution >= 4 is 0 Å². The lowest BCUT2D eigenvalue weighted by Gasteiger charge is -2.22. The van der Waals surface area contributed by atoms with Gasteiger partial charge in [0.05, 0.1) is 14.2 Å². The molecule has 1 fully saturated rings. The Morgan fingerprint density at radius 1 is 1.00 bits per heavy atom. The summed E-state index contributed by atoms with van der Waals surface area (Å²) in [6, 6.07) is 6.50. The van der Waals surface area contributed by atoms with E-state index in [1.807, 2.05) is 6.07 Å². The van der Waals surface area contributed by atoms with Crippen LogP contribution in [0.1, 0.15) is 46.2 Å². The monoisotopic (exact) mass is 291 g/mol. The summed E-state index contributed by atoms with van der Waals surface area (Å²) in [6.45, 7) is 12.6. The molecular formula is C18H29NO2. The van der Waals surface area contributed by atoms with Crippen LogP contribution < -0.4 is 14.8 Å². The third kappa shape index (κ3) is 2.64. The van der Waals surface area contributed by atoms with E-state index >= 15 is 0 Å². The highest BCUT2D eigenvalue weighted by Crippen LogP contribution is 2.72. The van der Waals surface area contributed by atoms with Crippen LogP contribution in [-0.2, 0) is 0 Å². The highest BCUT2D eigenvalue weighted by atomic mass is 16.5. The number of hydrogen-bond donors (Lipinski definition) is 1. The quantitative estimate of drug-likeness (QED) is 0.858. The number of hydrogen-bond acceptors (Lipinski definition) is 3. The van der Waals surface area contributed by atoms with Gasteiger partial charge in [-0.15, -0.1) is 0 Å². The molecule has 1 aromatic carbocycles. The smallest absolute Gasteiger partial charge is 0.122 e. The van der Waals surface area contributed by atoms with Crippen LogP contribution in [-0.4, -0.2) is 20.8 Å². The van der Waals surface area contributed by atoms with Gasteiger partial charge in [0, 0.05) is 12.1 Å². The molecule has 0 saturated heterocycles. The van der Waals surface area contributed by atoms with Gasteiger partial charge in [0.1, 0.15) is 11.5 Å². The lowest BCUT2D eigenvalue weighted by atomic mass is 9.96. The summed E-state index contributed by atoms with van der Waals surface area (Å²) in [5, 5.41) is 3.66. The predicted octanol–water partition coefficient (Wildman–Crippen LogP) is 4.04. The van der Waals surface area contributed by atoms with E-state index < -0.39 is 0 Å². The molecule has 0 aromatic heterocycles. The SMILES string of the molecule is CCNC(c1cc(OC)cc(OC)c1)C1C(C)(C)C1(C)C. The van der Waals surface area contributed by atoms with Gasteiger partial charge < -0.3 is 14.8 Å². The molecule has 1 saturated carbocycles. The lowest BCUT2D eigenvalue weighted by Crippen LogP contribution is -2.25. The Morgan fingerprint density at radius 2 is 1.48 bits per heavy atom. The molecule has 0 aliphatic heterocycles. The minimum atomic E-state index is 0.323. The number of ether oxygens (including phenoxy) is 2. The molecule has 0 radical (unpaired) electrons. The number of rotatable bonds is 6. The van der Waals surface area contributed by atoms with Crippen molar-refractivity contribution in [3.05, 3.63) is 23.8 Å². The Hall–Kier alpha value is -1.22. The normalized spacial score (nSPS) is 20.9. The molecule has 0 heterocycles. The molecule has 1 N–H and O–H groups in total. The van der Waals surface area contributed by atoms with Crippen molar-refractivity contribution in [2.75, 3.05) is 20.8 Å². The van der Waals surface area contributed by atoms with Crippen LogP contribution in [0.4, 0.5) is 0 Å². The zero-order valence-electron chi connectivity index (χ0n) is 14.4. The molecule has 1 atom stereocenters. The molecule has 21 heavy (non-hydrogen) atoms. The molecule has 0 bridgehead atoms. The van der Waals surface area contributed by atoms with E-state index in [2.05, 4.69) is 52.1 Å². The Morgan fingerprint density at radius 3 is 1.81 bits per heavy atom. The zero-order valence-corrected chi connectivity index (χ0v) is 14.4. The second-order valence-corrected chi connectivity index (χ2v) is 7.10. The number of methoxy groups -OCH3 is 2. The average molecular weight is 291 g/mol.